The predicted molar refractivity (Wildman–Crippen MR) is 55.0 cm³/mol. The molecule has 0 spiro atoms. The first-order chi connectivity index (χ1) is 7.56. The lowest BCUT2D eigenvalue weighted by molar-refractivity contribution is -0.139. The Morgan fingerprint density at radius 1 is 1.25 bits per heavy atom. The van der Waals surface area contributed by atoms with E-state index < -0.39 is 17.6 Å². The van der Waals surface area contributed by atoms with Gasteiger partial charge < -0.3 is 14.8 Å². The monoisotopic (exact) mass is 221 g/mol. The summed E-state index contributed by atoms with van der Waals surface area (Å²) in [6.07, 6.45) is -0.719. The Kier molecular flexibility index (Phi) is 2.30. The summed E-state index contributed by atoms with van der Waals surface area (Å²) in [6, 6.07) is 6.87. The fourth-order valence-electron chi connectivity index (χ4n) is 1.58. The fourth-order valence-corrected chi connectivity index (χ4v) is 1.58. The molecule has 0 aliphatic carbocycles. The van der Waals surface area contributed by atoms with Crippen molar-refractivity contribution in [3.8, 4) is 5.75 Å². The standard InChI is InChI=1S/C11H11NO4/c1-11(9(13)16-10(14)12-11)7-3-5-8(15-2)6-4-7/h3-6H,1-2H3,(H,12,14). The van der Waals surface area contributed by atoms with Gasteiger partial charge in [0.1, 0.15) is 5.75 Å². The summed E-state index contributed by atoms with van der Waals surface area (Å²) < 4.78 is 9.48. The van der Waals surface area contributed by atoms with Crippen LogP contribution in [0.3, 0.4) is 0 Å². The highest BCUT2D eigenvalue weighted by Gasteiger charge is 2.45. The lowest BCUT2D eigenvalue weighted by atomic mass is 9.93. The number of carbonyl (C=O) groups is 2. The number of hydrogen-bond acceptors (Lipinski definition) is 4. The lowest BCUT2D eigenvalue weighted by Crippen LogP contribution is -2.40. The molecule has 1 fully saturated rings. The molecule has 16 heavy (non-hydrogen) atoms. The average Bonchev–Trinajstić information content (AvgIpc) is 2.54. The lowest BCUT2D eigenvalue weighted by Gasteiger charge is -2.19. The van der Waals surface area contributed by atoms with Crippen LogP contribution in [-0.4, -0.2) is 19.2 Å². The Bertz CT molecular complexity index is 440. The number of alkyl carbamates (subject to hydrolysis) is 1. The molecule has 1 unspecified atom stereocenters. The molecule has 5 heteroatoms. The smallest absolute Gasteiger partial charge is 0.416 e. The van der Waals surface area contributed by atoms with Crippen molar-refractivity contribution in [3.05, 3.63) is 29.8 Å². The normalized spacial score (nSPS) is 23.9. The summed E-state index contributed by atoms with van der Waals surface area (Å²) in [5.74, 6) is 0.0905. The van der Waals surface area contributed by atoms with E-state index >= 15 is 0 Å². The first-order valence-electron chi connectivity index (χ1n) is 4.75. The van der Waals surface area contributed by atoms with E-state index in [1.807, 2.05) is 0 Å². The van der Waals surface area contributed by atoms with Gasteiger partial charge in [-0.3, -0.25) is 0 Å². The molecule has 1 aromatic rings. The first kappa shape index (κ1) is 10.5. The third-order valence-corrected chi connectivity index (χ3v) is 2.61. The number of hydrogen-bond donors (Lipinski definition) is 1. The molecule has 84 valence electrons. The molecule has 0 saturated carbocycles. The molecule has 1 atom stereocenters. The summed E-state index contributed by atoms with van der Waals surface area (Å²) in [7, 11) is 1.56. The number of carbonyl (C=O) groups excluding carboxylic acids is 2. The summed E-state index contributed by atoms with van der Waals surface area (Å²) in [5.41, 5.74) is -0.451. The number of esters is 1. The van der Waals surface area contributed by atoms with E-state index in [4.69, 9.17) is 4.74 Å². The minimum absolute atomic E-state index is 0.595. The van der Waals surface area contributed by atoms with Gasteiger partial charge in [0.25, 0.3) is 0 Å². The zero-order valence-electron chi connectivity index (χ0n) is 8.94. The Labute approximate surface area is 92.4 Å². The molecule has 0 radical (unpaired) electrons. The fraction of sp³-hybridized carbons (Fsp3) is 0.273. The SMILES string of the molecule is COc1ccc(C2(C)NC(=O)OC2=O)cc1. The van der Waals surface area contributed by atoms with Gasteiger partial charge in [-0.15, -0.1) is 0 Å². The van der Waals surface area contributed by atoms with Crippen LogP contribution < -0.4 is 10.1 Å². The molecule has 5 nitrogen and oxygen atoms in total. The van der Waals surface area contributed by atoms with E-state index in [1.165, 1.54) is 0 Å². The molecule has 1 saturated heterocycles. The molecule has 1 aliphatic heterocycles. The van der Waals surface area contributed by atoms with Gasteiger partial charge in [0.2, 0.25) is 0 Å². The maximum Gasteiger partial charge on any atom is 0.416 e. The van der Waals surface area contributed by atoms with Crippen LogP contribution in [0.15, 0.2) is 24.3 Å². The molecular weight excluding hydrogens is 210 g/mol. The summed E-state index contributed by atoms with van der Waals surface area (Å²) in [5, 5.41) is 2.48. The summed E-state index contributed by atoms with van der Waals surface area (Å²) >= 11 is 0. The van der Waals surface area contributed by atoms with Crippen LogP contribution in [-0.2, 0) is 15.1 Å². The van der Waals surface area contributed by atoms with Crippen molar-refractivity contribution in [1.82, 2.24) is 5.32 Å². The van der Waals surface area contributed by atoms with Crippen molar-refractivity contribution in [2.75, 3.05) is 7.11 Å². The van der Waals surface area contributed by atoms with Gasteiger partial charge in [-0.25, -0.2) is 9.59 Å². The van der Waals surface area contributed by atoms with Gasteiger partial charge >= 0.3 is 12.1 Å². The van der Waals surface area contributed by atoms with Gasteiger partial charge in [-0.05, 0) is 24.6 Å². The number of benzene rings is 1. The highest BCUT2D eigenvalue weighted by Crippen LogP contribution is 2.28. The maximum absolute atomic E-state index is 11.5. The van der Waals surface area contributed by atoms with Gasteiger partial charge in [-0.2, -0.15) is 0 Å². The molecule has 0 aromatic heterocycles. The van der Waals surface area contributed by atoms with Crippen LogP contribution in [0.5, 0.6) is 5.75 Å². The van der Waals surface area contributed by atoms with Crippen LogP contribution in [0.1, 0.15) is 12.5 Å². The molecule has 2 rings (SSSR count). The number of nitrogens with one attached hydrogen (secondary N) is 1. The Hall–Kier alpha value is -2.04. The number of cyclic esters (lactones) is 2. The van der Waals surface area contributed by atoms with E-state index in [-0.39, 0.29) is 0 Å². The number of ether oxygens (including phenoxy) is 2. The van der Waals surface area contributed by atoms with Crippen LogP contribution in [0.25, 0.3) is 0 Å². The van der Waals surface area contributed by atoms with Crippen molar-refractivity contribution >= 4 is 12.1 Å². The van der Waals surface area contributed by atoms with Crippen LogP contribution in [0.2, 0.25) is 0 Å². The van der Waals surface area contributed by atoms with Crippen molar-refractivity contribution in [2.24, 2.45) is 0 Å². The maximum atomic E-state index is 11.5. The van der Waals surface area contributed by atoms with Crippen molar-refractivity contribution < 1.29 is 19.1 Å². The zero-order chi connectivity index (χ0) is 11.8. The first-order valence-corrected chi connectivity index (χ1v) is 4.75. The van der Waals surface area contributed by atoms with E-state index in [1.54, 1.807) is 38.3 Å². The Balaban J connectivity index is 2.36. The highest BCUT2D eigenvalue weighted by molar-refractivity contribution is 5.99. The molecule has 1 heterocycles. The third kappa shape index (κ3) is 1.50. The molecule has 1 N–H and O–H groups in total. The van der Waals surface area contributed by atoms with Gasteiger partial charge in [0.05, 0.1) is 7.11 Å². The van der Waals surface area contributed by atoms with Crippen LogP contribution in [0, 0.1) is 0 Å². The van der Waals surface area contributed by atoms with E-state index in [0.29, 0.717) is 11.3 Å². The average molecular weight is 221 g/mol. The van der Waals surface area contributed by atoms with Crippen LogP contribution in [0.4, 0.5) is 4.79 Å². The second-order valence-corrected chi connectivity index (χ2v) is 3.66. The van der Waals surface area contributed by atoms with Gasteiger partial charge in [0, 0.05) is 0 Å². The van der Waals surface area contributed by atoms with E-state index in [2.05, 4.69) is 10.1 Å². The van der Waals surface area contributed by atoms with Crippen molar-refractivity contribution in [1.29, 1.82) is 0 Å². The zero-order valence-corrected chi connectivity index (χ0v) is 8.94. The largest absolute Gasteiger partial charge is 0.497 e. The summed E-state index contributed by atoms with van der Waals surface area (Å²) in [6.45, 7) is 1.60. The topological polar surface area (TPSA) is 64.6 Å². The molecule has 1 amide bonds. The number of amides is 1. The third-order valence-electron chi connectivity index (χ3n) is 2.61. The van der Waals surface area contributed by atoms with Crippen LogP contribution >= 0.6 is 0 Å². The minimum atomic E-state index is -1.11. The highest BCUT2D eigenvalue weighted by atomic mass is 16.6. The Morgan fingerprint density at radius 2 is 1.88 bits per heavy atom. The molecule has 1 aromatic carbocycles. The Morgan fingerprint density at radius 3 is 2.31 bits per heavy atom. The second kappa shape index (κ2) is 3.52. The number of methoxy groups -OCH3 is 1. The quantitative estimate of drug-likeness (QED) is 0.601. The van der Waals surface area contributed by atoms with Crippen molar-refractivity contribution in [2.45, 2.75) is 12.5 Å². The molecular formula is C11H11NO4. The minimum Gasteiger partial charge on any atom is -0.497 e. The summed E-state index contributed by atoms with van der Waals surface area (Å²) in [4.78, 5) is 22.5. The molecule has 0 bridgehead atoms. The van der Waals surface area contributed by atoms with Gasteiger partial charge in [-0.1, -0.05) is 12.1 Å². The van der Waals surface area contributed by atoms with E-state index in [0.717, 1.165) is 0 Å². The predicted octanol–water partition coefficient (Wildman–Crippen LogP) is 1.18. The number of rotatable bonds is 2. The van der Waals surface area contributed by atoms with E-state index in [9.17, 15) is 9.59 Å². The second-order valence-electron chi connectivity index (χ2n) is 3.66. The van der Waals surface area contributed by atoms with Crippen molar-refractivity contribution in [3.63, 3.8) is 0 Å². The van der Waals surface area contributed by atoms with Gasteiger partial charge in [0.15, 0.2) is 5.54 Å². The molecule has 1 aliphatic rings.